The fourth-order valence-corrected chi connectivity index (χ4v) is 4.21. The highest BCUT2D eigenvalue weighted by molar-refractivity contribution is 5.69. The van der Waals surface area contributed by atoms with Crippen molar-refractivity contribution in [3.8, 4) is 0 Å². The average Bonchev–Trinajstić information content (AvgIpc) is 2.79. The lowest BCUT2D eigenvalue weighted by Crippen LogP contribution is -2.29. The van der Waals surface area contributed by atoms with Crippen LogP contribution in [0.25, 0.3) is 0 Å². The van der Waals surface area contributed by atoms with E-state index in [4.69, 9.17) is 4.74 Å². The van der Waals surface area contributed by atoms with Crippen molar-refractivity contribution in [1.29, 1.82) is 0 Å². The first-order chi connectivity index (χ1) is 15.6. The first kappa shape index (κ1) is 31.4. The summed E-state index contributed by atoms with van der Waals surface area (Å²) in [5.41, 5.74) is 0. The number of rotatable bonds is 25. The fourth-order valence-electron chi connectivity index (χ4n) is 4.21. The molecule has 1 atom stereocenters. The number of aliphatic hydroxyl groups is 1. The van der Waals surface area contributed by atoms with Crippen molar-refractivity contribution in [3.63, 3.8) is 0 Å². The van der Waals surface area contributed by atoms with E-state index in [1.807, 2.05) is 0 Å². The van der Waals surface area contributed by atoms with Gasteiger partial charge in [-0.2, -0.15) is 0 Å². The Balaban J connectivity index is 3.57. The van der Waals surface area contributed by atoms with E-state index >= 15 is 0 Å². The molecule has 0 rings (SSSR count). The number of carbonyl (C=O) groups is 1. The standard InChI is InChI=1S/C28H57NO3/c1-4-6-8-10-14-18-22-29(24-25-30)23-19-15-11-13-17-21-28(31)32-26-27(3)20-16-12-9-7-5-2/h27,30H,4-26H2,1-3H3. The Hall–Kier alpha value is -0.610. The zero-order valence-electron chi connectivity index (χ0n) is 22.1. The zero-order chi connectivity index (χ0) is 23.7. The van der Waals surface area contributed by atoms with Crippen LogP contribution in [0.2, 0.25) is 0 Å². The van der Waals surface area contributed by atoms with Crippen LogP contribution in [-0.4, -0.2) is 48.8 Å². The molecule has 0 aromatic heterocycles. The number of aliphatic hydroxyl groups excluding tert-OH is 1. The molecule has 0 spiro atoms. The molecular formula is C28H57NO3. The number of hydrogen-bond donors (Lipinski definition) is 1. The van der Waals surface area contributed by atoms with Crippen molar-refractivity contribution in [2.45, 2.75) is 136 Å². The number of carbonyl (C=O) groups excluding carboxylic acids is 1. The minimum Gasteiger partial charge on any atom is -0.465 e. The van der Waals surface area contributed by atoms with Gasteiger partial charge in [-0.05, 0) is 44.7 Å². The fraction of sp³-hybridized carbons (Fsp3) is 0.964. The Morgan fingerprint density at radius 1 is 0.719 bits per heavy atom. The van der Waals surface area contributed by atoms with E-state index < -0.39 is 0 Å². The van der Waals surface area contributed by atoms with Gasteiger partial charge in [-0.3, -0.25) is 4.79 Å². The van der Waals surface area contributed by atoms with Crippen LogP contribution in [0, 0.1) is 5.92 Å². The molecule has 0 fully saturated rings. The van der Waals surface area contributed by atoms with E-state index in [2.05, 4.69) is 25.7 Å². The van der Waals surface area contributed by atoms with Gasteiger partial charge < -0.3 is 14.7 Å². The van der Waals surface area contributed by atoms with Crippen LogP contribution in [-0.2, 0) is 9.53 Å². The Bertz CT molecular complexity index is 389. The van der Waals surface area contributed by atoms with Gasteiger partial charge in [0.15, 0.2) is 0 Å². The number of hydrogen-bond acceptors (Lipinski definition) is 4. The first-order valence-electron chi connectivity index (χ1n) is 14.1. The predicted molar refractivity (Wildman–Crippen MR) is 138 cm³/mol. The minimum absolute atomic E-state index is 0.0177. The number of nitrogens with zero attached hydrogens (tertiary/aromatic N) is 1. The summed E-state index contributed by atoms with van der Waals surface area (Å²) in [5.74, 6) is 0.467. The Morgan fingerprint density at radius 3 is 1.78 bits per heavy atom. The van der Waals surface area contributed by atoms with Gasteiger partial charge in [0.1, 0.15) is 0 Å². The lowest BCUT2D eigenvalue weighted by atomic mass is 10.0. The normalized spacial score (nSPS) is 12.4. The monoisotopic (exact) mass is 455 g/mol. The molecular weight excluding hydrogens is 398 g/mol. The van der Waals surface area contributed by atoms with Crippen molar-refractivity contribution < 1.29 is 14.6 Å². The summed E-state index contributed by atoms with van der Waals surface area (Å²) in [6, 6.07) is 0. The molecule has 32 heavy (non-hydrogen) atoms. The number of unbranched alkanes of at least 4 members (excludes halogenated alkanes) is 13. The van der Waals surface area contributed by atoms with Gasteiger partial charge in [0.05, 0.1) is 13.2 Å². The van der Waals surface area contributed by atoms with E-state index in [0.29, 0.717) is 18.9 Å². The van der Waals surface area contributed by atoms with E-state index in [1.54, 1.807) is 0 Å². The third-order valence-corrected chi connectivity index (χ3v) is 6.43. The van der Waals surface area contributed by atoms with Crippen LogP contribution >= 0.6 is 0 Å². The van der Waals surface area contributed by atoms with Crippen LogP contribution < -0.4 is 0 Å². The molecule has 0 aromatic carbocycles. The third kappa shape index (κ3) is 22.6. The van der Waals surface area contributed by atoms with Gasteiger partial charge in [0, 0.05) is 13.0 Å². The molecule has 1 N–H and O–H groups in total. The molecule has 192 valence electrons. The van der Waals surface area contributed by atoms with Gasteiger partial charge in [-0.1, -0.05) is 104 Å². The Morgan fingerprint density at radius 2 is 1.22 bits per heavy atom. The third-order valence-electron chi connectivity index (χ3n) is 6.43. The zero-order valence-corrected chi connectivity index (χ0v) is 22.1. The predicted octanol–water partition coefficient (Wildman–Crippen LogP) is 7.52. The molecule has 0 heterocycles. The molecule has 0 amide bonds. The largest absolute Gasteiger partial charge is 0.465 e. The summed E-state index contributed by atoms with van der Waals surface area (Å²) in [5, 5.41) is 9.30. The Kier molecular flexibility index (Phi) is 24.5. The van der Waals surface area contributed by atoms with Crippen LogP contribution in [0.15, 0.2) is 0 Å². The van der Waals surface area contributed by atoms with Crippen molar-refractivity contribution in [1.82, 2.24) is 4.90 Å². The molecule has 0 aliphatic heterocycles. The SMILES string of the molecule is CCCCCCCCN(CCO)CCCCCCCC(=O)OCC(C)CCCCCCC. The summed E-state index contributed by atoms with van der Waals surface area (Å²) < 4.78 is 5.47. The molecule has 0 saturated heterocycles. The van der Waals surface area contributed by atoms with Crippen LogP contribution in [0.4, 0.5) is 0 Å². The molecule has 4 heteroatoms. The van der Waals surface area contributed by atoms with E-state index in [0.717, 1.165) is 32.5 Å². The van der Waals surface area contributed by atoms with Crippen molar-refractivity contribution >= 4 is 5.97 Å². The molecule has 0 bridgehead atoms. The molecule has 0 aromatic rings. The summed E-state index contributed by atoms with van der Waals surface area (Å²) in [7, 11) is 0. The summed E-state index contributed by atoms with van der Waals surface area (Å²) in [6.07, 6.45) is 21.8. The highest BCUT2D eigenvalue weighted by atomic mass is 16.5. The quantitative estimate of drug-likeness (QED) is 0.114. The van der Waals surface area contributed by atoms with Crippen LogP contribution in [0.1, 0.15) is 136 Å². The highest BCUT2D eigenvalue weighted by Gasteiger charge is 2.08. The lowest BCUT2D eigenvalue weighted by Gasteiger charge is -2.21. The van der Waals surface area contributed by atoms with Crippen molar-refractivity contribution in [2.75, 3.05) is 32.8 Å². The molecule has 0 aliphatic rings. The molecule has 0 radical (unpaired) electrons. The smallest absolute Gasteiger partial charge is 0.305 e. The second-order valence-electron chi connectivity index (χ2n) is 9.84. The van der Waals surface area contributed by atoms with Gasteiger partial charge in [0.25, 0.3) is 0 Å². The van der Waals surface area contributed by atoms with E-state index in [-0.39, 0.29) is 12.6 Å². The van der Waals surface area contributed by atoms with Gasteiger partial charge >= 0.3 is 5.97 Å². The highest BCUT2D eigenvalue weighted by Crippen LogP contribution is 2.13. The maximum Gasteiger partial charge on any atom is 0.305 e. The summed E-state index contributed by atoms with van der Waals surface area (Å²) >= 11 is 0. The molecule has 0 aliphatic carbocycles. The van der Waals surface area contributed by atoms with Crippen LogP contribution in [0.5, 0.6) is 0 Å². The molecule has 4 nitrogen and oxygen atoms in total. The Labute approximate surface area is 200 Å². The van der Waals surface area contributed by atoms with Gasteiger partial charge in [0.2, 0.25) is 0 Å². The topological polar surface area (TPSA) is 49.8 Å². The summed E-state index contributed by atoms with van der Waals surface area (Å²) in [6.45, 7) is 10.6. The average molecular weight is 456 g/mol. The summed E-state index contributed by atoms with van der Waals surface area (Å²) in [4.78, 5) is 14.4. The molecule has 1 unspecified atom stereocenters. The second-order valence-corrected chi connectivity index (χ2v) is 9.84. The minimum atomic E-state index is -0.0177. The first-order valence-corrected chi connectivity index (χ1v) is 14.1. The van der Waals surface area contributed by atoms with Crippen LogP contribution in [0.3, 0.4) is 0 Å². The maximum absolute atomic E-state index is 11.9. The lowest BCUT2D eigenvalue weighted by molar-refractivity contribution is -0.145. The number of ether oxygens (including phenoxy) is 1. The maximum atomic E-state index is 11.9. The van der Waals surface area contributed by atoms with E-state index in [1.165, 1.54) is 96.3 Å². The van der Waals surface area contributed by atoms with Gasteiger partial charge in [-0.25, -0.2) is 0 Å². The molecule has 0 saturated carbocycles. The van der Waals surface area contributed by atoms with E-state index in [9.17, 15) is 9.90 Å². The second kappa shape index (κ2) is 25.0. The van der Waals surface area contributed by atoms with Crippen molar-refractivity contribution in [2.24, 2.45) is 5.92 Å². The van der Waals surface area contributed by atoms with Crippen molar-refractivity contribution in [3.05, 3.63) is 0 Å². The number of esters is 1. The van der Waals surface area contributed by atoms with Gasteiger partial charge in [-0.15, -0.1) is 0 Å².